The molecule has 0 saturated heterocycles. The number of hydrogen-bond donors (Lipinski definition) is 2. The standard InChI is InChI=1S/C23H29NO4/c1-13-14(2)16(4)21(17(5)15(13)3)28-19-10-8-18(9-11-19)24-22(27)23(6,7)12-20(25)26/h8-11H,12H2,1-7H3,(H,24,27)(H,25,26). The lowest BCUT2D eigenvalue weighted by Crippen LogP contribution is -2.32. The summed E-state index contributed by atoms with van der Waals surface area (Å²) in [6, 6.07) is 7.09. The van der Waals surface area contributed by atoms with Gasteiger partial charge in [-0.15, -0.1) is 0 Å². The normalized spacial score (nSPS) is 11.2. The van der Waals surface area contributed by atoms with Crippen molar-refractivity contribution in [2.24, 2.45) is 5.41 Å². The lowest BCUT2D eigenvalue weighted by atomic mass is 9.88. The quantitative estimate of drug-likeness (QED) is 0.694. The molecule has 0 fully saturated rings. The zero-order valence-corrected chi connectivity index (χ0v) is 17.7. The van der Waals surface area contributed by atoms with Crippen molar-refractivity contribution in [1.82, 2.24) is 0 Å². The van der Waals surface area contributed by atoms with E-state index in [2.05, 4.69) is 39.9 Å². The van der Waals surface area contributed by atoms with Crippen LogP contribution in [-0.4, -0.2) is 17.0 Å². The fourth-order valence-electron chi connectivity index (χ4n) is 3.10. The SMILES string of the molecule is Cc1c(C)c(C)c(Oc2ccc(NC(=O)C(C)(C)CC(=O)O)cc2)c(C)c1C. The summed E-state index contributed by atoms with van der Waals surface area (Å²) in [7, 11) is 0. The van der Waals surface area contributed by atoms with Crippen molar-refractivity contribution in [1.29, 1.82) is 0 Å². The summed E-state index contributed by atoms with van der Waals surface area (Å²) in [4.78, 5) is 23.3. The zero-order valence-electron chi connectivity index (χ0n) is 17.7. The van der Waals surface area contributed by atoms with Crippen LogP contribution in [-0.2, 0) is 9.59 Å². The van der Waals surface area contributed by atoms with Gasteiger partial charge >= 0.3 is 5.97 Å². The van der Waals surface area contributed by atoms with Gasteiger partial charge < -0.3 is 15.2 Å². The van der Waals surface area contributed by atoms with Crippen LogP contribution in [0.3, 0.4) is 0 Å². The van der Waals surface area contributed by atoms with E-state index in [1.165, 1.54) is 16.7 Å². The van der Waals surface area contributed by atoms with Crippen molar-refractivity contribution in [3.8, 4) is 11.5 Å². The van der Waals surface area contributed by atoms with E-state index < -0.39 is 11.4 Å². The smallest absolute Gasteiger partial charge is 0.304 e. The third-order valence-corrected chi connectivity index (χ3v) is 5.47. The molecule has 1 amide bonds. The molecule has 0 atom stereocenters. The number of ether oxygens (including phenoxy) is 1. The zero-order chi connectivity index (χ0) is 21.2. The van der Waals surface area contributed by atoms with Gasteiger partial charge in [0.25, 0.3) is 0 Å². The van der Waals surface area contributed by atoms with Gasteiger partial charge in [0.15, 0.2) is 0 Å². The van der Waals surface area contributed by atoms with Crippen molar-refractivity contribution in [2.45, 2.75) is 54.9 Å². The van der Waals surface area contributed by atoms with Gasteiger partial charge in [-0.2, -0.15) is 0 Å². The predicted molar refractivity (Wildman–Crippen MR) is 111 cm³/mol. The van der Waals surface area contributed by atoms with E-state index in [1.807, 2.05) is 0 Å². The number of nitrogens with one attached hydrogen (secondary N) is 1. The number of carbonyl (C=O) groups is 2. The molecule has 0 spiro atoms. The van der Waals surface area contributed by atoms with Crippen molar-refractivity contribution in [2.75, 3.05) is 5.32 Å². The van der Waals surface area contributed by atoms with E-state index in [4.69, 9.17) is 9.84 Å². The number of carboxylic acids is 1. The molecule has 0 aliphatic carbocycles. The van der Waals surface area contributed by atoms with Gasteiger partial charge in [-0.3, -0.25) is 9.59 Å². The first kappa shape index (κ1) is 21.5. The van der Waals surface area contributed by atoms with Gasteiger partial charge in [-0.1, -0.05) is 13.8 Å². The molecule has 0 unspecified atom stereocenters. The Labute approximate surface area is 166 Å². The minimum absolute atomic E-state index is 0.231. The Balaban J connectivity index is 2.19. The van der Waals surface area contributed by atoms with E-state index in [1.54, 1.807) is 38.1 Å². The summed E-state index contributed by atoms with van der Waals surface area (Å²) < 4.78 is 6.15. The van der Waals surface area contributed by atoms with Crippen LogP contribution >= 0.6 is 0 Å². The number of hydrogen-bond acceptors (Lipinski definition) is 3. The lowest BCUT2D eigenvalue weighted by Gasteiger charge is -2.21. The molecular weight excluding hydrogens is 354 g/mol. The van der Waals surface area contributed by atoms with Crippen molar-refractivity contribution >= 4 is 17.6 Å². The minimum atomic E-state index is -1.00. The Morgan fingerprint density at radius 1 is 0.893 bits per heavy atom. The fraction of sp³-hybridized carbons (Fsp3) is 0.391. The molecule has 5 heteroatoms. The van der Waals surface area contributed by atoms with Crippen LogP contribution in [0.1, 0.15) is 48.1 Å². The second-order valence-electron chi connectivity index (χ2n) is 7.99. The molecule has 2 rings (SSSR count). The monoisotopic (exact) mass is 383 g/mol. The molecule has 0 bridgehead atoms. The number of amides is 1. The molecule has 0 aliphatic rings. The summed E-state index contributed by atoms with van der Waals surface area (Å²) in [6.45, 7) is 13.7. The Morgan fingerprint density at radius 3 is 1.82 bits per heavy atom. The molecule has 2 aromatic carbocycles. The van der Waals surface area contributed by atoms with E-state index in [9.17, 15) is 9.59 Å². The molecule has 0 radical (unpaired) electrons. The maximum atomic E-state index is 12.3. The van der Waals surface area contributed by atoms with Crippen molar-refractivity contribution < 1.29 is 19.4 Å². The van der Waals surface area contributed by atoms with Gasteiger partial charge in [0.05, 0.1) is 11.8 Å². The van der Waals surface area contributed by atoms with Crippen LogP contribution in [0.4, 0.5) is 5.69 Å². The first-order valence-corrected chi connectivity index (χ1v) is 9.32. The summed E-state index contributed by atoms with van der Waals surface area (Å²) in [5.41, 5.74) is 5.57. The maximum Gasteiger partial charge on any atom is 0.304 e. The Bertz CT molecular complexity index is 882. The summed E-state index contributed by atoms with van der Waals surface area (Å²) in [5.74, 6) is 0.204. The van der Waals surface area contributed by atoms with Crippen LogP contribution in [0.2, 0.25) is 0 Å². The highest BCUT2D eigenvalue weighted by atomic mass is 16.5. The number of carbonyl (C=O) groups excluding carboxylic acids is 1. The minimum Gasteiger partial charge on any atom is -0.481 e. The van der Waals surface area contributed by atoms with Crippen LogP contribution in [0.5, 0.6) is 11.5 Å². The molecule has 0 saturated carbocycles. The number of aliphatic carboxylic acids is 1. The van der Waals surface area contributed by atoms with Crippen LogP contribution in [0.25, 0.3) is 0 Å². The third-order valence-electron chi connectivity index (χ3n) is 5.47. The average molecular weight is 383 g/mol. The number of benzene rings is 2. The van der Waals surface area contributed by atoms with Crippen molar-refractivity contribution in [3.63, 3.8) is 0 Å². The molecule has 2 aromatic rings. The summed E-state index contributed by atoms with van der Waals surface area (Å²) in [6.07, 6.45) is -0.231. The van der Waals surface area contributed by atoms with E-state index in [-0.39, 0.29) is 12.3 Å². The van der Waals surface area contributed by atoms with E-state index in [0.717, 1.165) is 16.9 Å². The first-order valence-electron chi connectivity index (χ1n) is 9.32. The molecule has 28 heavy (non-hydrogen) atoms. The lowest BCUT2D eigenvalue weighted by molar-refractivity contribution is -0.142. The van der Waals surface area contributed by atoms with Gasteiger partial charge in [0.2, 0.25) is 5.91 Å². The highest BCUT2D eigenvalue weighted by molar-refractivity contribution is 5.96. The molecule has 0 aromatic heterocycles. The summed E-state index contributed by atoms with van der Waals surface area (Å²) >= 11 is 0. The van der Waals surface area contributed by atoms with Gasteiger partial charge in [-0.05, 0) is 86.7 Å². The number of carboxylic acid groups (broad SMARTS) is 1. The Kier molecular flexibility index (Phi) is 6.17. The summed E-state index contributed by atoms with van der Waals surface area (Å²) in [5, 5.41) is 11.7. The largest absolute Gasteiger partial charge is 0.481 e. The molecular formula is C23H29NO4. The van der Waals surface area contributed by atoms with E-state index >= 15 is 0 Å². The van der Waals surface area contributed by atoms with Crippen LogP contribution in [0.15, 0.2) is 24.3 Å². The Morgan fingerprint density at radius 2 is 1.36 bits per heavy atom. The molecule has 2 N–H and O–H groups in total. The highest BCUT2D eigenvalue weighted by Gasteiger charge is 2.30. The van der Waals surface area contributed by atoms with Gasteiger partial charge in [0.1, 0.15) is 11.5 Å². The molecule has 5 nitrogen and oxygen atoms in total. The molecule has 0 heterocycles. The van der Waals surface area contributed by atoms with Crippen LogP contribution in [0, 0.1) is 40.0 Å². The Hall–Kier alpha value is -2.82. The third kappa shape index (κ3) is 4.53. The second-order valence-corrected chi connectivity index (χ2v) is 7.99. The van der Waals surface area contributed by atoms with Gasteiger partial charge in [-0.25, -0.2) is 0 Å². The fourth-order valence-corrected chi connectivity index (χ4v) is 3.10. The van der Waals surface area contributed by atoms with Crippen LogP contribution < -0.4 is 10.1 Å². The number of rotatable bonds is 6. The van der Waals surface area contributed by atoms with E-state index in [0.29, 0.717) is 11.4 Å². The molecule has 0 aliphatic heterocycles. The van der Waals surface area contributed by atoms with Crippen molar-refractivity contribution in [3.05, 3.63) is 52.1 Å². The second kappa shape index (κ2) is 8.05. The topological polar surface area (TPSA) is 75.6 Å². The first-order chi connectivity index (χ1) is 12.9. The predicted octanol–water partition coefficient (Wildman–Crippen LogP) is 5.46. The average Bonchev–Trinajstić information content (AvgIpc) is 2.62. The maximum absolute atomic E-state index is 12.3. The number of anilines is 1. The highest BCUT2D eigenvalue weighted by Crippen LogP contribution is 2.35. The van der Waals surface area contributed by atoms with Gasteiger partial charge in [0, 0.05) is 5.69 Å². The molecule has 150 valence electrons.